The van der Waals surface area contributed by atoms with Gasteiger partial charge in [-0.1, -0.05) is 58.0 Å². The molecule has 3 nitrogen and oxygen atoms in total. The lowest BCUT2D eigenvalue weighted by Crippen LogP contribution is -2.54. The Morgan fingerprint density at radius 3 is 2.16 bits per heavy atom. The van der Waals surface area contributed by atoms with Crippen molar-refractivity contribution in [3.63, 3.8) is 0 Å². The molecule has 25 heavy (non-hydrogen) atoms. The number of ether oxygens (including phenoxy) is 2. The predicted molar refractivity (Wildman–Crippen MR) is 106 cm³/mol. The summed E-state index contributed by atoms with van der Waals surface area (Å²) < 4.78 is 19.3. The van der Waals surface area contributed by atoms with Gasteiger partial charge in [-0.25, -0.2) is 0 Å². The third-order valence-electron chi connectivity index (χ3n) is 5.70. The van der Waals surface area contributed by atoms with E-state index >= 15 is 0 Å². The average Bonchev–Trinajstić information content (AvgIpc) is 2.48. The molecule has 1 heterocycles. The van der Waals surface area contributed by atoms with Crippen molar-refractivity contribution in [1.29, 1.82) is 0 Å². The van der Waals surface area contributed by atoms with Gasteiger partial charge in [0.1, 0.15) is 0 Å². The fourth-order valence-corrected chi connectivity index (χ4v) is 4.71. The molecular formula is C21H36O3Si. The quantitative estimate of drug-likeness (QED) is 0.620. The van der Waals surface area contributed by atoms with Gasteiger partial charge in [-0.05, 0) is 44.5 Å². The molecule has 0 N–H and O–H groups in total. The smallest absolute Gasteiger partial charge is 0.192 e. The van der Waals surface area contributed by atoms with Crippen LogP contribution < -0.4 is 0 Å². The Hall–Kier alpha value is -0.683. The van der Waals surface area contributed by atoms with Gasteiger partial charge in [0, 0.05) is 5.92 Å². The Labute approximate surface area is 155 Å². The topological polar surface area (TPSA) is 27.7 Å². The van der Waals surface area contributed by atoms with E-state index < -0.39 is 14.1 Å². The highest BCUT2D eigenvalue weighted by atomic mass is 28.4. The average molecular weight is 365 g/mol. The Morgan fingerprint density at radius 1 is 1.08 bits per heavy atom. The first-order valence-electron chi connectivity index (χ1n) is 9.42. The third kappa shape index (κ3) is 4.73. The lowest BCUT2D eigenvalue weighted by Gasteiger charge is -2.49. The van der Waals surface area contributed by atoms with Crippen LogP contribution in [0, 0.1) is 5.92 Å². The van der Waals surface area contributed by atoms with Crippen LogP contribution in [0.5, 0.6) is 0 Å². The molecule has 0 amide bonds. The standard InChI is InChI=1S/C21H36O3Si/c1-15-18(16(2)24-25(8,9)20(3,4)5)22-21(6,7)23-19(15)17-13-11-10-12-14-17/h10-16,18-19H,1-9H3/t15-,16-,18-,19+/m0/s1. The predicted octanol–water partition coefficient (Wildman–Crippen LogP) is 5.93. The maximum Gasteiger partial charge on any atom is 0.192 e. The summed E-state index contributed by atoms with van der Waals surface area (Å²) in [5.74, 6) is -0.405. The molecular weight excluding hydrogens is 328 g/mol. The Bertz CT molecular complexity index is 562. The molecule has 0 radical (unpaired) electrons. The van der Waals surface area contributed by atoms with E-state index in [1.54, 1.807) is 0 Å². The van der Waals surface area contributed by atoms with E-state index in [4.69, 9.17) is 13.9 Å². The van der Waals surface area contributed by atoms with Gasteiger partial charge in [0.25, 0.3) is 0 Å². The van der Waals surface area contributed by atoms with Crippen LogP contribution in [0.15, 0.2) is 30.3 Å². The monoisotopic (exact) mass is 364 g/mol. The molecule has 0 aliphatic carbocycles. The highest BCUT2D eigenvalue weighted by Gasteiger charge is 2.47. The van der Waals surface area contributed by atoms with Crippen molar-refractivity contribution in [1.82, 2.24) is 0 Å². The van der Waals surface area contributed by atoms with E-state index in [0.717, 1.165) is 0 Å². The van der Waals surface area contributed by atoms with Gasteiger partial charge in [0.05, 0.1) is 18.3 Å². The van der Waals surface area contributed by atoms with Gasteiger partial charge in [0.15, 0.2) is 14.1 Å². The van der Waals surface area contributed by atoms with Gasteiger partial charge >= 0.3 is 0 Å². The van der Waals surface area contributed by atoms with Crippen molar-refractivity contribution in [2.75, 3.05) is 0 Å². The first kappa shape index (κ1) is 20.6. The van der Waals surface area contributed by atoms with Crippen molar-refractivity contribution < 1.29 is 13.9 Å². The van der Waals surface area contributed by atoms with Crippen molar-refractivity contribution in [3.05, 3.63) is 35.9 Å². The number of rotatable bonds is 4. The molecule has 0 bridgehead atoms. The van der Waals surface area contributed by atoms with Crippen LogP contribution in [0.4, 0.5) is 0 Å². The Kier molecular flexibility index (Phi) is 5.89. The van der Waals surface area contributed by atoms with E-state index in [9.17, 15) is 0 Å². The summed E-state index contributed by atoms with van der Waals surface area (Å²) in [5.41, 5.74) is 1.20. The van der Waals surface area contributed by atoms with Crippen LogP contribution in [-0.4, -0.2) is 26.3 Å². The van der Waals surface area contributed by atoms with E-state index in [1.807, 2.05) is 19.9 Å². The van der Waals surface area contributed by atoms with E-state index in [-0.39, 0.29) is 29.3 Å². The van der Waals surface area contributed by atoms with Crippen LogP contribution in [0.2, 0.25) is 18.1 Å². The minimum Gasteiger partial charge on any atom is -0.412 e. The molecule has 0 saturated carbocycles. The summed E-state index contributed by atoms with van der Waals surface area (Å²) in [4.78, 5) is 0. The second kappa shape index (κ2) is 7.14. The molecule has 1 aromatic rings. The van der Waals surface area contributed by atoms with Gasteiger partial charge in [0.2, 0.25) is 0 Å². The Morgan fingerprint density at radius 2 is 1.64 bits per heavy atom. The maximum absolute atomic E-state index is 6.65. The van der Waals surface area contributed by atoms with Crippen LogP contribution in [0.3, 0.4) is 0 Å². The largest absolute Gasteiger partial charge is 0.412 e. The Balaban J connectivity index is 2.24. The van der Waals surface area contributed by atoms with E-state index in [0.29, 0.717) is 0 Å². The maximum atomic E-state index is 6.65. The molecule has 1 aliphatic rings. The minimum absolute atomic E-state index is 0.00285. The lowest BCUT2D eigenvalue weighted by atomic mass is 9.88. The zero-order chi connectivity index (χ0) is 19.0. The second-order valence-corrected chi connectivity index (χ2v) is 14.1. The first-order valence-corrected chi connectivity index (χ1v) is 12.3. The van der Waals surface area contributed by atoms with Gasteiger partial charge in [-0.2, -0.15) is 0 Å². The van der Waals surface area contributed by atoms with Crippen molar-refractivity contribution in [3.8, 4) is 0 Å². The molecule has 1 fully saturated rings. The normalized spacial score (nSPS) is 28.6. The molecule has 142 valence electrons. The fourth-order valence-electron chi connectivity index (χ4n) is 3.29. The van der Waals surface area contributed by atoms with Crippen LogP contribution >= 0.6 is 0 Å². The van der Waals surface area contributed by atoms with Crippen molar-refractivity contribution >= 4 is 8.32 Å². The van der Waals surface area contributed by atoms with Gasteiger partial charge < -0.3 is 13.9 Å². The zero-order valence-corrected chi connectivity index (χ0v) is 18.4. The first-order chi connectivity index (χ1) is 11.3. The summed E-state index contributed by atoms with van der Waals surface area (Å²) in [7, 11) is -1.85. The van der Waals surface area contributed by atoms with Crippen molar-refractivity contribution in [2.24, 2.45) is 5.92 Å². The van der Waals surface area contributed by atoms with Gasteiger partial charge in [-0.15, -0.1) is 0 Å². The molecule has 1 aliphatic heterocycles. The van der Waals surface area contributed by atoms with Crippen LogP contribution in [0.1, 0.15) is 60.1 Å². The van der Waals surface area contributed by atoms with Gasteiger partial charge in [-0.3, -0.25) is 0 Å². The highest BCUT2D eigenvalue weighted by molar-refractivity contribution is 6.74. The minimum atomic E-state index is -1.85. The van der Waals surface area contributed by atoms with Crippen LogP contribution in [0.25, 0.3) is 0 Å². The SMILES string of the molecule is C[C@H]1[C@@H]([C@H](C)O[Si](C)(C)C(C)(C)C)OC(C)(C)O[C@H]1c1ccccc1. The number of hydrogen-bond donors (Lipinski definition) is 0. The molecule has 2 rings (SSSR count). The lowest BCUT2D eigenvalue weighted by molar-refractivity contribution is -0.332. The molecule has 0 aromatic heterocycles. The van der Waals surface area contributed by atoms with Crippen molar-refractivity contribution in [2.45, 2.75) is 90.7 Å². The molecule has 0 spiro atoms. The summed E-state index contributed by atoms with van der Waals surface area (Å²) >= 11 is 0. The number of hydrogen-bond acceptors (Lipinski definition) is 3. The third-order valence-corrected chi connectivity index (χ3v) is 10.3. The molecule has 1 aromatic carbocycles. The van der Waals surface area contributed by atoms with E-state index in [2.05, 4.69) is 72.0 Å². The summed E-state index contributed by atoms with van der Waals surface area (Å²) in [6.45, 7) is 19.8. The zero-order valence-electron chi connectivity index (χ0n) is 17.4. The molecule has 1 saturated heterocycles. The summed E-state index contributed by atoms with van der Waals surface area (Å²) in [6.07, 6.45) is 0.0498. The highest BCUT2D eigenvalue weighted by Crippen LogP contribution is 2.43. The molecule has 4 atom stereocenters. The summed E-state index contributed by atoms with van der Waals surface area (Å²) in [6, 6.07) is 10.5. The van der Waals surface area contributed by atoms with E-state index in [1.165, 1.54) is 5.56 Å². The fraction of sp³-hybridized carbons (Fsp3) is 0.714. The second-order valence-electron chi connectivity index (χ2n) is 9.37. The van der Waals surface area contributed by atoms with Crippen LogP contribution in [-0.2, 0) is 13.9 Å². The number of benzene rings is 1. The summed E-state index contributed by atoms with van der Waals surface area (Å²) in [5, 5.41) is 0.185. The molecule has 4 heteroatoms. The molecule has 0 unspecified atom stereocenters.